The number of nitrogens with two attached hydrogens (primary N) is 1. The summed E-state index contributed by atoms with van der Waals surface area (Å²) in [5.74, 6) is 2.72. The van der Waals surface area contributed by atoms with Crippen LogP contribution in [0.15, 0.2) is 0 Å². The number of hydrogen-bond donors (Lipinski definition) is 2. The van der Waals surface area contributed by atoms with E-state index >= 15 is 0 Å². The minimum atomic E-state index is -1.19. The van der Waals surface area contributed by atoms with Crippen LogP contribution in [0.1, 0.15) is 12.8 Å². The summed E-state index contributed by atoms with van der Waals surface area (Å²) in [5, 5.41) is 17.2. The van der Waals surface area contributed by atoms with Crippen molar-refractivity contribution < 1.29 is 29.4 Å². The van der Waals surface area contributed by atoms with Crippen LogP contribution in [0.4, 0.5) is 0 Å². The maximum atomic E-state index is 11.0. The monoisotopic (exact) mass is 260 g/mol. The van der Waals surface area contributed by atoms with E-state index < -0.39 is 29.7 Å². The maximum Gasteiger partial charge on any atom is 0.320 e. The number of ether oxygens (including phenoxy) is 1. The summed E-state index contributed by atoms with van der Waals surface area (Å²) < 4.78 is 4.59. The van der Waals surface area contributed by atoms with E-state index in [1.54, 1.807) is 0 Å². The fourth-order valence-corrected chi connectivity index (χ4v) is 0.773. The molecule has 0 aliphatic heterocycles. The third-order valence-corrected chi connectivity index (χ3v) is 1.65. The SMILES string of the molecule is NC(CCC(=O)OCC#CCO[N+](=O)[O-])C(=O)O. The van der Waals surface area contributed by atoms with Gasteiger partial charge in [0.05, 0.1) is 0 Å². The normalized spacial score (nSPS) is 10.7. The Morgan fingerprint density at radius 1 is 1.39 bits per heavy atom. The number of carbonyl (C=O) groups excluding carboxylic acids is 1. The van der Waals surface area contributed by atoms with Crippen molar-refractivity contribution in [1.29, 1.82) is 0 Å². The minimum Gasteiger partial charge on any atom is -0.480 e. The van der Waals surface area contributed by atoms with Crippen molar-refractivity contribution >= 4 is 11.9 Å². The zero-order valence-corrected chi connectivity index (χ0v) is 9.33. The molecule has 0 spiro atoms. The number of carbonyl (C=O) groups is 2. The van der Waals surface area contributed by atoms with Crippen molar-refractivity contribution in [2.75, 3.05) is 13.2 Å². The van der Waals surface area contributed by atoms with Crippen LogP contribution in [-0.4, -0.2) is 41.4 Å². The highest BCUT2D eigenvalue weighted by Gasteiger charge is 2.13. The van der Waals surface area contributed by atoms with Crippen LogP contribution in [-0.2, 0) is 19.2 Å². The topological polar surface area (TPSA) is 142 Å². The lowest BCUT2D eigenvalue weighted by atomic mass is 10.2. The molecule has 0 aromatic carbocycles. The Hall–Kier alpha value is -2.34. The van der Waals surface area contributed by atoms with Gasteiger partial charge in [-0.1, -0.05) is 11.8 Å². The van der Waals surface area contributed by atoms with Gasteiger partial charge in [-0.15, -0.1) is 10.1 Å². The van der Waals surface area contributed by atoms with Crippen molar-refractivity contribution in [1.82, 2.24) is 0 Å². The molecular formula is C9H12N2O7. The van der Waals surface area contributed by atoms with Crippen LogP contribution in [0.25, 0.3) is 0 Å². The molecule has 0 heterocycles. The zero-order chi connectivity index (χ0) is 14.0. The Balaban J connectivity index is 3.65. The smallest absolute Gasteiger partial charge is 0.320 e. The largest absolute Gasteiger partial charge is 0.480 e. The van der Waals surface area contributed by atoms with Crippen LogP contribution in [0.5, 0.6) is 0 Å². The second-order valence-corrected chi connectivity index (χ2v) is 2.99. The van der Waals surface area contributed by atoms with E-state index in [0.29, 0.717) is 0 Å². The first-order valence-corrected chi connectivity index (χ1v) is 4.80. The van der Waals surface area contributed by atoms with Gasteiger partial charge < -0.3 is 20.4 Å². The van der Waals surface area contributed by atoms with Gasteiger partial charge in [-0.2, -0.15) is 0 Å². The third-order valence-electron chi connectivity index (χ3n) is 1.65. The van der Waals surface area contributed by atoms with Gasteiger partial charge in [0.1, 0.15) is 6.04 Å². The standard InChI is InChI=1S/C9H12N2O7/c10-7(9(13)14)3-4-8(12)17-5-1-2-6-18-11(15)16/h7H,3-6,10H2,(H,13,14). The third kappa shape index (κ3) is 8.93. The Kier molecular flexibility index (Phi) is 7.63. The van der Waals surface area contributed by atoms with E-state index in [-0.39, 0.29) is 19.4 Å². The maximum absolute atomic E-state index is 11.0. The molecule has 9 nitrogen and oxygen atoms in total. The highest BCUT2D eigenvalue weighted by molar-refractivity contribution is 5.75. The second-order valence-electron chi connectivity index (χ2n) is 2.99. The van der Waals surface area contributed by atoms with Crippen molar-refractivity contribution in [3.8, 4) is 11.8 Å². The van der Waals surface area contributed by atoms with Crippen molar-refractivity contribution in [2.24, 2.45) is 5.73 Å². The molecule has 0 aliphatic rings. The molecule has 1 unspecified atom stereocenters. The molecule has 0 saturated carbocycles. The highest BCUT2D eigenvalue weighted by Crippen LogP contribution is 1.96. The van der Waals surface area contributed by atoms with Crippen molar-refractivity contribution in [3.63, 3.8) is 0 Å². The summed E-state index contributed by atoms with van der Waals surface area (Å²) in [7, 11) is 0. The quantitative estimate of drug-likeness (QED) is 0.255. The molecule has 0 fully saturated rings. The number of carboxylic acid groups (broad SMARTS) is 1. The Morgan fingerprint density at radius 2 is 2.00 bits per heavy atom. The van der Waals surface area contributed by atoms with Gasteiger partial charge in [-0.05, 0) is 6.42 Å². The molecule has 0 radical (unpaired) electrons. The van der Waals surface area contributed by atoms with Gasteiger partial charge in [0.15, 0.2) is 13.2 Å². The van der Waals surface area contributed by atoms with Gasteiger partial charge in [-0.25, -0.2) is 0 Å². The fraction of sp³-hybridized carbons (Fsp3) is 0.556. The molecule has 0 bridgehead atoms. The van der Waals surface area contributed by atoms with Crippen LogP contribution >= 0.6 is 0 Å². The predicted octanol–water partition coefficient (Wildman–Crippen LogP) is -1.07. The highest BCUT2D eigenvalue weighted by atomic mass is 16.9. The van der Waals surface area contributed by atoms with E-state index in [2.05, 4.69) is 21.4 Å². The van der Waals surface area contributed by atoms with E-state index in [0.717, 1.165) is 0 Å². The van der Waals surface area contributed by atoms with Crippen LogP contribution < -0.4 is 5.73 Å². The van der Waals surface area contributed by atoms with Crippen LogP contribution in [0.2, 0.25) is 0 Å². The first-order valence-electron chi connectivity index (χ1n) is 4.80. The number of esters is 1. The lowest BCUT2D eigenvalue weighted by molar-refractivity contribution is -0.754. The average Bonchev–Trinajstić information content (AvgIpc) is 2.29. The lowest BCUT2D eigenvalue weighted by Crippen LogP contribution is -2.30. The Labute approximate surface area is 102 Å². The number of rotatable bonds is 7. The number of aliphatic carboxylic acids is 1. The Bertz CT molecular complexity index is 371. The minimum absolute atomic E-state index is 0.0357. The van der Waals surface area contributed by atoms with Crippen molar-refractivity contribution in [3.05, 3.63) is 10.1 Å². The summed E-state index contributed by atoms with van der Waals surface area (Å²) in [6.45, 7) is -0.656. The van der Waals surface area contributed by atoms with E-state index in [1.165, 1.54) is 0 Å². The first kappa shape index (κ1) is 15.7. The molecule has 100 valence electrons. The molecular weight excluding hydrogens is 248 g/mol. The molecule has 18 heavy (non-hydrogen) atoms. The first-order chi connectivity index (χ1) is 8.43. The molecule has 0 aliphatic carbocycles. The summed E-state index contributed by atoms with van der Waals surface area (Å²) in [6, 6.07) is -1.11. The van der Waals surface area contributed by atoms with E-state index in [9.17, 15) is 19.7 Å². The number of nitrogens with zero attached hydrogens (tertiary/aromatic N) is 1. The summed E-state index contributed by atoms with van der Waals surface area (Å²) in [5.41, 5.74) is 5.17. The molecule has 0 rings (SSSR count). The van der Waals surface area contributed by atoms with Gasteiger partial charge in [-0.3, -0.25) is 9.59 Å². The summed E-state index contributed by atoms with van der Waals surface area (Å²) in [4.78, 5) is 35.0. The van der Waals surface area contributed by atoms with Gasteiger partial charge >= 0.3 is 11.9 Å². The number of carboxylic acids is 1. The lowest BCUT2D eigenvalue weighted by Gasteiger charge is -2.04. The average molecular weight is 260 g/mol. The summed E-state index contributed by atoms with van der Waals surface area (Å²) >= 11 is 0. The molecule has 0 aromatic heterocycles. The van der Waals surface area contributed by atoms with Gasteiger partial charge in [0.25, 0.3) is 5.09 Å². The molecule has 3 N–H and O–H groups in total. The van der Waals surface area contributed by atoms with Crippen LogP contribution in [0.3, 0.4) is 0 Å². The molecule has 1 atom stereocenters. The van der Waals surface area contributed by atoms with Gasteiger partial charge in [0.2, 0.25) is 0 Å². The fourth-order valence-electron chi connectivity index (χ4n) is 0.773. The molecule has 0 amide bonds. The molecule has 0 saturated heterocycles. The summed E-state index contributed by atoms with van der Waals surface area (Å²) in [6.07, 6.45) is -0.174. The predicted molar refractivity (Wildman–Crippen MR) is 56.5 cm³/mol. The zero-order valence-electron chi connectivity index (χ0n) is 9.33. The van der Waals surface area contributed by atoms with Crippen LogP contribution in [0, 0.1) is 22.0 Å². The van der Waals surface area contributed by atoms with Crippen molar-refractivity contribution in [2.45, 2.75) is 18.9 Å². The van der Waals surface area contributed by atoms with E-state index in [1.807, 2.05) is 0 Å². The molecule has 9 heteroatoms. The number of hydrogen-bond acceptors (Lipinski definition) is 7. The van der Waals surface area contributed by atoms with E-state index in [4.69, 9.17) is 10.8 Å². The Morgan fingerprint density at radius 3 is 2.56 bits per heavy atom. The second kappa shape index (κ2) is 8.77. The van der Waals surface area contributed by atoms with Gasteiger partial charge in [0, 0.05) is 6.42 Å². The molecule has 0 aromatic rings.